The molecule has 5 rings (SSSR count). The van der Waals surface area contributed by atoms with Crippen molar-refractivity contribution < 1.29 is 9.59 Å². The Kier molecular flexibility index (Phi) is 5.64. The number of aromatic nitrogens is 2. The van der Waals surface area contributed by atoms with Crippen molar-refractivity contribution in [3.05, 3.63) is 83.7 Å². The number of carbonyl (C=O) groups is 2. The van der Waals surface area contributed by atoms with Crippen LogP contribution in [0.5, 0.6) is 0 Å². The molecule has 2 aromatic carbocycles. The average Bonchev–Trinajstić information content (AvgIpc) is 3.45. The van der Waals surface area contributed by atoms with Gasteiger partial charge in [-0.1, -0.05) is 41.7 Å². The lowest BCUT2D eigenvalue weighted by Gasteiger charge is -2.23. The zero-order valence-corrected chi connectivity index (χ0v) is 19.4. The molecular weight excluding hydrogens is 432 g/mol. The Morgan fingerprint density at radius 1 is 1.09 bits per heavy atom. The molecule has 1 atom stereocenters. The molecule has 1 fully saturated rings. The minimum absolute atomic E-state index is 0.0342. The summed E-state index contributed by atoms with van der Waals surface area (Å²) in [6.07, 6.45) is 1.91. The molecule has 0 aliphatic carbocycles. The van der Waals surface area contributed by atoms with Gasteiger partial charge >= 0.3 is 0 Å². The Labute approximate surface area is 196 Å². The molecule has 0 spiro atoms. The zero-order valence-electron chi connectivity index (χ0n) is 18.6. The van der Waals surface area contributed by atoms with Gasteiger partial charge in [0, 0.05) is 24.8 Å². The van der Waals surface area contributed by atoms with E-state index in [9.17, 15) is 9.59 Å². The van der Waals surface area contributed by atoms with Crippen LogP contribution in [0.15, 0.2) is 66.9 Å². The van der Waals surface area contributed by atoms with Gasteiger partial charge in [0.1, 0.15) is 0 Å². The maximum Gasteiger partial charge on any atom is 0.234 e. The summed E-state index contributed by atoms with van der Waals surface area (Å²) in [5.74, 6) is -0.565. The van der Waals surface area contributed by atoms with Crippen LogP contribution in [0.3, 0.4) is 0 Å². The fourth-order valence-corrected chi connectivity index (χ4v) is 5.20. The topological polar surface area (TPSA) is 66.4 Å². The average molecular weight is 457 g/mol. The Bertz CT molecular complexity index is 1320. The van der Waals surface area contributed by atoms with Gasteiger partial charge in [0.05, 0.1) is 28.4 Å². The number of nitrogens with zero attached hydrogens (tertiary/aromatic N) is 4. The second-order valence-electron chi connectivity index (χ2n) is 8.34. The molecule has 0 radical (unpaired) electrons. The largest absolute Gasteiger partial charge is 0.312 e. The predicted molar refractivity (Wildman–Crippen MR) is 131 cm³/mol. The van der Waals surface area contributed by atoms with Crippen molar-refractivity contribution in [3.8, 4) is 0 Å². The number of thiazole rings is 1. The molecule has 2 aromatic heterocycles. The van der Waals surface area contributed by atoms with Gasteiger partial charge in [0.25, 0.3) is 0 Å². The Morgan fingerprint density at radius 2 is 1.88 bits per heavy atom. The maximum atomic E-state index is 13.8. The number of rotatable bonds is 5. The molecule has 1 aliphatic rings. The van der Waals surface area contributed by atoms with E-state index >= 15 is 0 Å². The first-order chi connectivity index (χ1) is 16.0. The van der Waals surface area contributed by atoms with E-state index in [1.807, 2.05) is 48.5 Å². The normalized spacial score (nSPS) is 15.9. The summed E-state index contributed by atoms with van der Waals surface area (Å²) in [6.45, 7) is 4.79. The van der Waals surface area contributed by atoms with Gasteiger partial charge in [0.15, 0.2) is 5.13 Å². The highest BCUT2D eigenvalue weighted by molar-refractivity contribution is 7.22. The molecule has 0 saturated carbocycles. The third kappa shape index (κ3) is 4.12. The monoisotopic (exact) mass is 456 g/mol. The molecule has 0 N–H and O–H groups in total. The number of carbonyl (C=O) groups excluding carboxylic acids is 2. The lowest BCUT2D eigenvalue weighted by Crippen LogP contribution is -2.37. The Balaban J connectivity index is 1.49. The summed E-state index contributed by atoms with van der Waals surface area (Å²) in [4.78, 5) is 39.2. The van der Waals surface area contributed by atoms with Gasteiger partial charge in [-0.05, 0) is 55.3 Å². The van der Waals surface area contributed by atoms with E-state index in [0.29, 0.717) is 18.2 Å². The van der Waals surface area contributed by atoms with Gasteiger partial charge in [0.2, 0.25) is 11.8 Å². The second kappa shape index (κ2) is 8.75. The molecule has 7 heteroatoms. The van der Waals surface area contributed by atoms with Gasteiger partial charge in [-0.2, -0.15) is 0 Å². The third-order valence-electron chi connectivity index (χ3n) is 6.16. The minimum atomic E-state index is -0.434. The molecule has 1 saturated heterocycles. The molecule has 1 aliphatic heterocycles. The van der Waals surface area contributed by atoms with Crippen LogP contribution in [0, 0.1) is 19.8 Å². The second-order valence-corrected chi connectivity index (χ2v) is 9.35. The number of anilines is 2. The van der Waals surface area contributed by atoms with Crippen LogP contribution in [0.2, 0.25) is 0 Å². The van der Waals surface area contributed by atoms with E-state index < -0.39 is 5.92 Å². The Morgan fingerprint density at radius 3 is 2.64 bits per heavy atom. The summed E-state index contributed by atoms with van der Waals surface area (Å²) >= 11 is 1.50. The van der Waals surface area contributed by atoms with Crippen LogP contribution in [-0.4, -0.2) is 28.3 Å². The lowest BCUT2D eigenvalue weighted by atomic mass is 10.1. The highest BCUT2D eigenvalue weighted by Crippen LogP contribution is 2.35. The van der Waals surface area contributed by atoms with Crippen molar-refractivity contribution in [2.24, 2.45) is 5.92 Å². The fraction of sp³-hybridized carbons (Fsp3) is 0.231. The molecule has 4 aromatic rings. The van der Waals surface area contributed by atoms with Crippen molar-refractivity contribution in [2.75, 3.05) is 16.3 Å². The van der Waals surface area contributed by atoms with Crippen molar-refractivity contribution in [2.45, 2.75) is 26.8 Å². The van der Waals surface area contributed by atoms with Crippen LogP contribution < -0.4 is 9.80 Å². The summed E-state index contributed by atoms with van der Waals surface area (Å²) in [6, 6.07) is 19.3. The lowest BCUT2D eigenvalue weighted by molar-refractivity contribution is -0.124. The number of hydrogen-bond acceptors (Lipinski definition) is 5. The van der Waals surface area contributed by atoms with Crippen molar-refractivity contribution >= 4 is 44.2 Å². The van der Waals surface area contributed by atoms with E-state index in [4.69, 9.17) is 4.98 Å². The van der Waals surface area contributed by atoms with Crippen LogP contribution in [0.4, 0.5) is 10.8 Å². The van der Waals surface area contributed by atoms with Crippen LogP contribution in [0.1, 0.15) is 23.2 Å². The van der Waals surface area contributed by atoms with E-state index in [1.54, 1.807) is 16.0 Å². The summed E-state index contributed by atoms with van der Waals surface area (Å²) in [5, 5.41) is 0.639. The van der Waals surface area contributed by atoms with Gasteiger partial charge in [-0.25, -0.2) is 4.98 Å². The highest BCUT2D eigenvalue weighted by Gasteiger charge is 2.38. The molecule has 6 nitrogen and oxygen atoms in total. The number of hydrogen-bond donors (Lipinski definition) is 0. The van der Waals surface area contributed by atoms with E-state index in [2.05, 4.69) is 31.0 Å². The van der Waals surface area contributed by atoms with Crippen molar-refractivity contribution in [3.63, 3.8) is 0 Å². The maximum absolute atomic E-state index is 13.8. The number of para-hydroxylation sites is 1. The SMILES string of the molecule is Cc1ccc2sc(N(Cc3ccccn3)C(=O)C3CC(=O)N(c4ccccc4)C3)nc2c1C. The number of fused-ring (bicyclic) bond motifs is 1. The molecule has 0 bridgehead atoms. The van der Waals surface area contributed by atoms with Crippen LogP contribution >= 0.6 is 11.3 Å². The van der Waals surface area contributed by atoms with Gasteiger partial charge in [-0.3, -0.25) is 19.5 Å². The highest BCUT2D eigenvalue weighted by atomic mass is 32.1. The van der Waals surface area contributed by atoms with Crippen molar-refractivity contribution in [1.29, 1.82) is 0 Å². The Hall–Kier alpha value is -3.58. The van der Waals surface area contributed by atoms with Crippen molar-refractivity contribution in [1.82, 2.24) is 9.97 Å². The first-order valence-electron chi connectivity index (χ1n) is 10.9. The smallest absolute Gasteiger partial charge is 0.234 e. The van der Waals surface area contributed by atoms with Crippen LogP contribution in [-0.2, 0) is 16.1 Å². The minimum Gasteiger partial charge on any atom is -0.312 e. The molecule has 166 valence electrons. The standard InChI is InChI=1S/C26H24N4O2S/c1-17-11-12-22-24(18(17)2)28-26(33-22)30(16-20-8-6-7-13-27-20)25(32)19-14-23(31)29(15-19)21-9-4-3-5-10-21/h3-13,19H,14-16H2,1-2H3. The number of benzene rings is 2. The number of amides is 2. The van der Waals surface area contributed by atoms with Gasteiger partial charge in [-0.15, -0.1) is 0 Å². The molecular formula is C26H24N4O2S. The molecule has 3 heterocycles. The predicted octanol–water partition coefficient (Wildman–Crippen LogP) is 4.89. The first-order valence-corrected chi connectivity index (χ1v) is 11.8. The fourth-order valence-electron chi connectivity index (χ4n) is 4.17. The quantitative estimate of drug-likeness (QED) is 0.429. The van der Waals surface area contributed by atoms with Crippen LogP contribution in [0.25, 0.3) is 10.2 Å². The molecule has 1 unspecified atom stereocenters. The summed E-state index contributed by atoms with van der Waals surface area (Å²) in [7, 11) is 0. The zero-order chi connectivity index (χ0) is 22.9. The van der Waals surface area contributed by atoms with E-state index in [0.717, 1.165) is 27.2 Å². The number of aryl methyl sites for hydroxylation is 2. The first kappa shape index (κ1) is 21.3. The summed E-state index contributed by atoms with van der Waals surface area (Å²) < 4.78 is 1.04. The molecule has 2 amide bonds. The van der Waals surface area contributed by atoms with E-state index in [-0.39, 0.29) is 18.2 Å². The summed E-state index contributed by atoms with van der Waals surface area (Å²) in [5.41, 5.74) is 4.80. The third-order valence-corrected chi connectivity index (χ3v) is 7.20. The van der Waals surface area contributed by atoms with Gasteiger partial charge < -0.3 is 4.90 Å². The van der Waals surface area contributed by atoms with E-state index in [1.165, 1.54) is 16.9 Å². The number of pyridine rings is 1. The molecule has 33 heavy (non-hydrogen) atoms.